The van der Waals surface area contributed by atoms with E-state index in [2.05, 4.69) is 0 Å². The number of hydrogen-bond donors (Lipinski definition) is 0. The summed E-state index contributed by atoms with van der Waals surface area (Å²) < 4.78 is 22.7. The van der Waals surface area contributed by atoms with Gasteiger partial charge in [-0.05, 0) is 37.5 Å². The molecule has 1 aliphatic rings. The minimum Gasteiger partial charge on any atom is -0.339 e. The number of benzene rings is 1. The molecular weight excluding hydrogens is 309 g/mol. The number of amides is 1. The molecular formula is C12H13Cl2NO3S. The molecule has 1 saturated heterocycles. The second kappa shape index (κ2) is 5.69. The van der Waals surface area contributed by atoms with E-state index in [1.54, 1.807) is 4.90 Å². The van der Waals surface area contributed by atoms with E-state index >= 15 is 0 Å². The van der Waals surface area contributed by atoms with Crippen molar-refractivity contribution in [3.63, 3.8) is 0 Å². The van der Waals surface area contributed by atoms with Gasteiger partial charge in [0, 0.05) is 29.3 Å². The maximum absolute atomic E-state index is 12.2. The van der Waals surface area contributed by atoms with E-state index in [0.717, 1.165) is 19.3 Å². The average molecular weight is 322 g/mol. The Morgan fingerprint density at radius 1 is 1.16 bits per heavy atom. The molecule has 0 aromatic heterocycles. The fourth-order valence-electron chi connectivity index (χ4n) is 2.10. The average Bonchev–Trinajstić information content (AvgIpc) is 2.38. The highest BCUT2D eigenvalue weighted by Gasteiger charge is 2.22. The van der Waals surface area contributed by atoms with Gasteiger partial charge < -0.3 is 4.90 Å². The van der Waals surface area contributed by atoms with Crippen LogP contribution in [0.2, 0.25) is 5.02 Å². The van der Waals surface area contributed by atoms with Crippen LogP contribution in [0.4, 0.5) is 0 Å². The largest absolute Gasteiger partial charge is 0.339 e. The van der Waals surface area contributed by atoms with E-state index in [1.165, 1.54) is 18.2 Å². The van der Waals surface area contributed by atoms with Crippen LogP contribution in [0.15, 0.2) is 23.1 Å². The summed E-state index contributed by atoms with van der Waals surface area (Å²) in [7, 11) is 1.34. The summed E-state index contributed by atoms with van der Waals surface area (Å²) in [5, 5.41) is 0.0187. The Hall–Kier alpha value is -0.780. The number of nitrogens with zero attached hydrogens (tertiary/aromatic N) is 1. The molecule has 7 heteroatoms. The number of halogens is 2. The quantitative estimate of drug-likeness (QED) is 0.787. The molecule has 1 heterocycles. The minimum absolute atomic E-state index is 0.0187. The third-order valence-electron chi connectivity index (χ3n) is 3.08. The number of piperidine rings is 1. The Kier molecular flexibility index (Phi) is 4.38. The summed E-state index contributed by atoms with van der Waals surface area (Å²) in [4.78, 5) is 13.7. The van der Waals surface area contributed by atoms with Crippen LogP contribution in [0.1, 0.15) is 29.6 Å². The van der Waals surface area contributed by atoms with Crippen LogP contribution < -0.4 is 0 Å². The van der Waals surface area contributed by atoms with Crippen LogP contribution in [0, 0.1) is 0 Å². The fourth-order valence-corrected chi connectivity index (χ4v) is 3.60. The molecule has 0 aliphatic carbocycles. The standard InChI is InChI=1S/C12H13Cl2NO3S/c13-10-5-4-9(8-11(10)19(14,17)18)12(16)15-6-2-1-3-7-15/h4-5,8H,1-3,6-7H2. The fraction of sp³-hybridized carbons (Fsp3) is 0.417. The molecule has 1 amide bonds. The van der Waals surface area contributed by atoms with Crippen LogP contribution in [0.25, 0.3) is 0 Å². The molecule has 0 radical (unpaired) electrons. The number of carbonyl (C=O) groups excluding carboxylic acids is 1. The first-order valence-corrected chi connectivity index (χ1v) is 8.62. The van der Waals surface area contributed by atoms with Gasteiger partial charge in [-0.25, -0.2) is 8.42 Å². The SMILES string of the molecule is O=C(c1ccc(Cl)c(S(=O)(=O)Cl)c1)N1CCCCC1. The predicted octanol–water partition coefficient (Wildman–Crippen LogP) is 2.89. The first-order valence-electron chi connectivity index (χ1n) is 5.93. The number of rotatable bonds is 2. The van der Waals surface area contributed by atoms with E-state index in [0.29, 0.717) is 18.7 Å². The van der Waals surface area contributed by atoms with Crippen molar-refractivity contribution >= 4 is 37.2 Å². The Balaban J connectivity index is 2.33. The maximum Gasteiger partial charge on any atom is 0.262 e. The summed E-state index contributed by atoms with van der Waals surface area (Å²) in [6, 6.07) is 4.14. The topological polar surface area (TPSA) is 54.5 Å². The summed E-state index contributed by atoms with van der Waals surface area (Å²) in [6.45, 7) is 1.40. The van der Waals surface area contributed by atoms with Crippen molar-refractivity contribution in [1.29, 1.82) is 0 Å². The highest BCUT2D eigenvalue weighted by Crippen LogP contribution is 2.26. The predicted molar refractivity (Wildman–Crippen MR) is 74.2 cm³/mol. The van der Waals surface area contributed by atoms with E-state index in [-0.39, 0.29) is 15.8 Å². The Morgan fingerprint density at radius 2 is 1.79 bits per heavy atom. The zero-order chi connectivity index (χ0) is 14.0. The van der Waals surface area contributed by atoms with Crippen molar-refractivity contribution in [2.75, 3.05) is 13.1 Å². The van der Waals surface area contributed by atoms with Crippen LogP contribution in [-0.4, -0.2) is 32.3 Å². The van der Waals surface area contributed by atoms with Crippen molar-refractivity contribution < 1.29 is 13.2 Å². The molecule has 1 aromatic carbocycles. The monoisotopic (exact) mass is 321 g/mol. The second-order valence-electron chi connectivity index (χ2n) is 4.44. The maximum atomic E-state index is 12.2. The summed E-state index contributed by atoms with van der Waals surface area (Å²) in [5.41, 5.74) is 0.297. The molecule has 104 valence electrons. The second-order valence-corrected chi connectivity index (χ2v) is 7.38. The highest BCUT2D eigenvalue weighted by molar-refractivity contribution is 8.13. The van der Waals surface area contributed by atoms with Crippen molar-refractivity contribution in [1.82, 2.24) is 4.90 Å². The van der Waals surface area contributed by atoms with Crippen LogP contribution in [-0.2, 0) is 9.05 Å². The molecule has 1 aliphatic heterocycles. The van der Waals surface area contributed by atoms with Gasteiger partial charge in [0.05, 0.1) is 5.02 Å². The number of likely N-dealkylation sites (tertiary alicyclic amines) is 1. The molecule has 4 nitrogen and oxygen atoms in total. The molecule has 19 heavy (non-hydrogen) atoms. The third kappa shape index (κ3) is 3.41. The molecule has 1 fully saturated rings. The third-order valence-corrected chi connectivity index (χ3v) is 4.89. The molecule has 0 N–H and O–H groups in total. The molecule has 0 bridgehead atoms. The molecule has 0 atom stereocenters. The van der Waals surface area contributed by atoms with Gasteiger partial charge in [0.15, 0.2) is 0 Å². The molecule has 0 unspecified atom stereocenters. The normalized spacial score (nSPS) is 16.4. The Labute approximate surface area is 121 Å². The van der Waals surface area contributed by atoms with Gasteiger partial charge in [-0.3, -0.25) is 4.79 Å². The number of carbonyl (C=O) groups is 1. The molecule has 0 spiro atoms. The highest BCUT2D eigenvalue weighted by atomic mass is 35.7. The summed E-state index contributed by atoms with van der Waals surface area (Å²) >= 11 is 5.78. The van der Waals surface area contributed by atoms with Gasteiger partial charge in [0.1, 0.15) is 4.90 Å². The zero-order valence-corrected chi connectivity index (χ0v) is 12.4. The van der Waals surface area contributed by atoms with Crippen LogP contribution >= 0.6 is 22.3 Å². The lowest BCUT2D eigenvalue weighted by Gasteiger charge is -2.26. The molecule has 2 rings (SSSR count). The first-order chi connectivity index (χ1) is 8.89. The van der Waals surface area contributed by atoms with E-state index in [9.17, 15) is 13.2 Å². The van der Waals surface area contributed by atoms with Gasteiger partial charge in [-0.1, -0.05) is 11.6 Å². The van der Waals surface area contributed by atoms with Gasteiger partial charge in [0.2, 0.25) is 0 Å². The van der Waals surface area contributed by atoms with E-state index < -0.39 is 9.05 Å². The van der Waals surface area contributed by atoms with Crippen LogP contribution in [0.3, 0.4) is 0 Å². The van der Waals surface area contributed by atoms with E-state index in [1.807, 2.05) is 0 Å². The van der Waals surface area contributed by atoms with Crippen molar-refractivity contribution in [3.05, 3.63) is 28.8 Å². The Morgan fingerprint density at radius 3 is 2.37 bits per heavy atom. The summed E-state index contributed by atoms with van der Waals surface area (Å²) in [5.74, 6) is -0.182. The molecule has 0 saturated carbocycles. The minimum atomic E-state index is -3.95. The lowest BCUT2D eigenvalue weighted by Crippen LogP contribution is -2.35. The van der Waals surface area contributed by atoms with Crippen molar-refractivity contribution in [3.8, 4) is 0 Å². The lowest BCUT2D eigenvalue weighted by atomic mass is 10.1. The van der Waals surface area contributed by atoms with Crippen molar-refractivity contribution in [2.45, 2.75) is 24.2 Å². The molecule has 1 aromatic rings. The van der Waals surface area contributed by atoms with Gasteiger partial charge in [-0.15, -0.1) is 0 Å². The van der Waals surface area contributed by atoms with Crippen LogP contribution in [0.5, 0.6) is 0 Å². The van der Waals surface area contributed by atoms with Gasteiger partial charge in [-0.2, -0.15) is 0 Å². The first kappa shape index (κ1) is 14.6. The lowest BCUT2D eigenvalue weighted by molar-refractivity contribution is 0.0724. The number of hydrogen-bond acceptors (Lipinski definition) is 3. The smallest absolute Gasteiger partial charge is 0.262 e. The van der Waals surface area contributed by atoms with Crippen molar-refractivity contribution in [2.24, 2.45) is 0 Å². The van der Waals surface area contributed by atoms with E-state index in [4.69, 9.17) is 22.3 Å². The summed E-state index contributed by atoms with van der Waals surface area (Å²) in [6.07, 6.45) is 3.06. The Bertz CT molecular complexity index is 595. The zero-order valence-electron chi connectivity index (χ0n) is 10.1. The van der Waals surface area contributed by atoms with Gasteiger partial charge in [0.25, 0.3) is 15.0 Å². The van der Waals surface area contributed by atoms with Gasteiger partial charge >= 0.3 is 0 Å².